The Morgan fingerprint density at radius 3 is 2.37 bits per heavy atom. The summed E-state index contributed by atoms with van der Waals surface area (Å²) in [6, 6.07) is 13.5. The Balaban J connectivity index is 1.90. The van der Waals surface area contributed by atoms with E-state index in [-0.39, 0.29) is 22.2 Å². The molecule has 2 aromatic carbocycles. The van der Waals surface area contributed by atoms with E-state index in [1.807, 2.05) is 0 Å². The molecule has 0 unspecified atom stereocenters. The summed E-state index contributed by atoms with van der Waals surface area (Å²) in [7, 11) is -3.94. The van der Waals surface area contributed by atoms with Crippen LogP contribution in [-0.4, -0.2) is 23.4 Å². The quantitative estimate of drug-likeness (QED) is 0.512. The van der Waals surface area contributed by atoms with Gasteiger partial charge in [-0.2, -0.15) is 0 Å². The summed E-state index contributed by atoms with van der Waals surface area (Å²) >= 11 is 0. The maximum Gasteiger partial charge on any atom is 0.272 e. The first kappa shape index (κ1) is 18.3. The molecule has 3 aromatic rings. The van der Waals surface area contributed by atoms with Crippen LogP contribution in [0.4, 0.5) is 11.5 Å². The fraction of sp³-hybridized carbons (Fsp3) is 0.0556. The second-order valence-corrected chi connectivity index (χ2v) is 7.44. The van der Waals surface area contributed by atoms with E-state index in [9.17, 15) is 23.6 Å². The molecular formula is C18H15N3O5S. The van der Waals surface area contributed by atoms with Crippen molar-refractivity contribution in [3.05, 3.63) is 76.5 Å². The van der Waals surface area contributed by atoms with Gasteiger partial charge in [0.05, 0.1) is 9.82 Å². The number of nitrogens with zero attached hydrogens (tertiary/aromatic N) is 2. The Labute approximate surface area is 155 Å². The van der Waals surface area contributed by atoms with E-state index >= 15 is 0 Å². The highest BCUT2D eigenvalue weighted by molar-refractivity contribution is 7.92. The van der Waals surface area contributed by atoms with Crippen molar-refractivity contribution in [2.24, 2.45) is 0 Å². The zero-order valence-corrected chi connectivity index (χ0v) is 15.0. The lowest BCUT2D eigenvalue weighted by Crippen LogP contribution is -2.13. The van der Waals surface area contributed by atoms with Crippen molar-refractivity contribution >= 4 is 21.5 Å². The van der Waals surface area contributed by atoms with Gasteiger partial charge in [-0.15, -0.1) is 0 Å². The van der Waals surface area contributed by atoms with Gasteiger partial charge in [-0.25, -0.2) is 13.4 Å². The largest absolute Gasteiger partial charge is 0.504 e. The molecule has 1 heterocycles. The predicted molar refractivity (Wildman–Crippen MR) is 100.0 cm³/mol. The standard InChI is InChI=1S/C18H15N3O5S/c1-12-4-5-14(11-16(12)21(23)24)13-6-8-15(9-7-13)27(25,26)20-18-17(22)3-2-10-19-18/h2-11,22H,1H3,(H,19,20). The lowest BCUT2D eigenvalue weighted by atomic mass is 10.0. The van der Waals surface area contributed by atoms with Gasteiger partial charge in [0.25, 0.3) is 15.7 Å². The fourth-order valence-corrected chi connectivity index (χ4v) is 3.50. The van der Waals surface area contributed by atoms with Gasteiger partial charge in [-0.05, 0) is 42.3 Å². The molecule has 0 fully saturated rings. The van der Waals surface area contributed by atoms with Crippen LogP contribution in [0, 0.1) is 17.0 Å². The molecule has 0 aliphatic heterocycles. The highest BCUT2D eigenvalue weighted by Gasteiger charge is 2.17. The van der Waals surface area contributed by atoms with Crippen molar-refractivity contribution in [2.75, 3.05) is 4.72 Å². The van der Waals surface area contributed by atoms with Gasteiger partial charge in [0.15, 0.2) is 11.6 Å². The minimum absolute atomic E-state index is 0.00325. The number of rotatable bonds is 5. The second-order valence-electron chi connectivity index (χ2n) is 5.76. The van der Waals surface area contributed by atoms with E-state index in [1.165, 1.54) is 36.5 Å². The number of hydrogen-bond donors (Lipinski definition) is 2. The Morgan fingerprint density at radius 1 is 1.07 bits per heavy atom. The van der Waals surface area contributed by atoms with E-state index in [2.05, 4.69) is 9.71 Å². The highest BCUT2D eigenvalue weighted by atomic mass is 32.2. The van der Waals surface area contributed by atoms with Gasteiger partial charge < -0.3 is 5.11 Å². The highest BCUT2D eigenvalue weighted by Crippen LogP contribution is 2.28. The number of benzene rings is 2. The van der Waals surface area contributed by atoms with Crippen LogP contribution in [0.1, 0.15) is 5.56 Å². The number of sulfonamides is 1. The van der Waals surface area contributed by atoms with Crippen molar-refractivity contribution in [1.29, 1.82) is 0 Å². The van der Waals surface area contributed by atoms with E-state index in [4.69, 9.17) is 0 Å². The average Bonchev–Trinajstić information content (AvgIpc) is 2.64. The van der Waals surface area contributed by atoms with Crippen LogP contribution in [0.2, 0.25) is 0 Å². The maximum absolute atomic E-state index is 12.4. The van der Waals surface area contributed by atoms with Crippen LogP contribution in [0.5, 0.6) is 5.75 Å². The number of nitrogens with one attached hydrogen (secondary N) is 1. The Kier molecular flexibility index (Phi) is 4.78. The van der Waals surface area contributed by atoms with Crippen LogP contribution in [0.15, 0.2) is 65.7 Å². The summed E-state index contributed by atoms with van der Waals surface area (Å²) in [5, 5.41) is 20.7. The Bertz CT molecular complexity index is 1110. The molecule has 0 saturated carbocycles. The molecule has 0 saturated heterocycles. The van der Waals surface area contributed by atoms with Crippen molar-refractivity contribution < 1.29 is 18.4 Å². The lowest BCUT2D eigenvalue weighted by molar-refractivity contribution is -0.385. The van der Waals surface area contributed by atoms with Crippen LogP contribution < -0.4 is 4.72 Å². The molecule has 0 radical (unpaired) electrons. The number of aromatic hydroxyl groups is 1. The van der Waals surface area contributed by atoms with Crippen molar-refractivity contribution in [1.82, 2.24) is 4.98 Å². The first-order valence-corrected chi connectivity index (χ1v) is 9.28. The third-order valence-electron chi connectivity index (χ3n) is 3.92. The molecule has 8 nitrogen and oxygen atoms in total. The van der Waals surface area contributed by atoms with Gasteiger partial charge in [-0.1, -0.05) is 24.3 Å². The molecule has 0 bridgehead atoms. The van der Waals surface area contributed by atoms with Crippen LogP contribution >= 0.6 is 0 Å². The molecule has 9 heteroatoms. The van der Waals surface area contributed by atoms with E-state index in [0.29, 0.717) is 16.7 Å². The average molecular weight is 385 g/mol. The smallest absolute Gasteiger partial charge is 0.272 e. The van der Waals surface area contributed by atoms with Crippen molar-refractivity contribution in [3.63, 3.8) is 0 Å². The van der Waals surface area contributed by atoms with E-state index < -0.39 is 14.9 Å². The van der Waals surface area contributed by atoms with Gasteiger partial charge >= 0.3 is 0 Å². The van der Waals surface area contributed by atoms with Gasteiger partial charge in [0.2, 0.25) is 0 Å². The summed E-state index contributed by atoms with van der Waals surface area (Å²) in [5.41, 5.74) is 1.78. The zero-order valence-electron chi connectivity index (χ0n) is 14.2. The van der Waals surface area contributed by atoms with Crippen LogP contribution in [0.25, 0.3) is 11.1 Å². The molecule has 0 spiro atoms. The molecule has 1 aromatic heterocycles. The van der Waals surface area contributed by atoms with Crippen LogP contribution in [0.3, 0.4) is 0 Å². The zero-order chi connectivity index (χ0) is 19.6. The van der Waals surface area contributed by atoms with Gasteiger partial charge in [-0.3, -0.25) is 14.8 Å². The number of hydrogen-bond acceptors (Lipinski definition) is 6. The number of anilines is 1. The van der Waals surface area contributed by atoms with E-state index in [0.717, 1.165) is 0 Å². The molecule has 138 valence electrons. The van der Waals surface area contributed by atoms with Gasteiger partial charge in [0.1, 0.15) is 0 Å². The first-order valence-electron chi connectivity index (χ1n) is 7.80. The van der Waals surface area contributed by atoms with Crippen LogP contribution in [-0.2, 0) is 10.0 Å². The minimum Gasteiger partial charge on any atom is -0.504 e. The first-order chi connectivity index (χ1) is 12.8. The maximum atomic E-state index is 12.4. The second kappa shape index (κ2) is 7.04. The van der Waals surface area contributed by atoms with Crippen molar-refractivity contribution in [3.8, 4) is 16.9 Å². The minimum atomic E-state index is -3.94. The molecule has 3 rings (SSSR count). The Hall–Kier alpha value is -3.46. The number of pyridine rings is 1. The Morgan fingerprint density at radius 2 is 1.74 bits per heavy atom. The third kappa shape index (κ3) is 3.87. The summed E-state index contributed by atoms with van der Waals surface area (Å²) in [4.78, 5) is 14.4. The summed E-state index contributed by atoms with van der Waals surface area (Å²) in [6.45, 7) is 1.65. The molecular weight excluding hydrogens is 370 g/mol. The fourth-order valence-electron chi connectivity index (χ4n) is 2.47. The predicted octanol–water partition coefficient (Wildman–Crippen LogP) is 3.47. The number of nitro groups is 1. The molecule has 0 amide bonds. The number of aryl methyl sites for hydroxylation is 1. The normalized spacial score (nSPS) is 11.1. The molecule has 27 heavy (non-hydrogen) atoms. The summed E-state index contributed by atoms with van der Waals surface area (Å²) < 4.78 is 27.1. The number of nitro benzene ring substituents is 1. The third-order valence-corrected chi connectivity index (χ3v) is 5.28. The monoisotopic (exact) mass is 385 g/mol. The summed E-state index contributed by atoms with van der Waals surface area (Å²) in [6.07, 6.45) is 1.35. The summed E-state index contributed by atoms with van der Waals surface area (Å²) in [5.74, 6) is -0.458. The topological polar surface area (TPSA) is 122 Å². The number of aromatic nitrogens is 1. The van der Waals surface area contributed by atoms with E-state index in [1.54, 1.807) is 31.2 Å². The SMILES string of the molecule is Cc1ccc(-c2ccc(S(=O)(=O)Nc3ncccc3O)cc2)cc1[N+](=O)[O-]. The molecule has 0 aliphatic rings. The molecule has 0 aliphatic carbocycles. The van der Waals surface area contributed by atoms with Crippen molar-refractivity contribution in [2.45, 2.75) is 11.8 Å². The molecule has 0 atom stereocenters. The van der Waals surface area contributed by atoms with Gasteiger partial charge in [0, 0.05) is 17.8 Å². The lowest BCUT2D eigenvalue weighted by Gasteiger charge is -2.09. The molecule has 2 N–H and O–H groups in total.